The lowest BCUT2D eigenvalue weighted by atomic mass is 10.2. The molecule has 4 heteroatoms. The second kappa shape index (κ2) is 6.29. The van der Waals surface area contributed by atoms with Gasteiger partial charge in [0.25, 0.3) is 0 Å². The van der Waals surface area contributed by atoms with Gasteiger partial charge >= 0.3 is 0 Å². The van der Waals surface area contributed by atoms with Crippen LogP contribution in [-0.2, 0) is 6.54 Å². The Hall–Kier alpha value is -1.52. The van der Waals surface area contributed by atoms with Gasteiger partial charge in [-0.25, -0.2) is 0 Å². The van der Waals surface area contributed by atoms with Crippen molar-refractivity contribution in [3.63, 3.8) is 0 Å². The van der Waals surface area contributed by atoms with Crippen molar-refractivity contribution in [2.24, 2.45) is 0 Å². The summed E-state index contributed by atoms with van der Waals surface area (Å²) in [7, 11) is 0. The maximum Gasteiger partial charge on any atom is 0.136 e. The van der Waals surface area contributed by atoms with Gasteiger partial charge in [-0.1, -0.05) is 54.3 Å². The van der Waals surface area contributed by atoms with E-state index in [4.69, 9.17) is 17.0 Å². The highest BCUT2D eigenvalue weighted by atomic mass is 32.2. The summed E-state index contributed by atoms with van der Waals surface area (Å²) < 4.78 is 6.79. The van der Waals surface area contributed by atoms with E-state index in [2.05, 4.69) is 17.0 Å². The summed E-state index contributed by atoms with van der Waals surface area (Å²) >= 11 is 7.08. The molecule has 0 radical (unpaired) electrons. The first-order valence-corrected chi connectivity index (χ1v) is 7.94. The summed E-state index contributed by atoms with van der Waals surface area (Å²) in [6, 6.07) is 18.0. The molecule has 1 saturated heterocycles. The number of ether oxygens (including phenoxy) is 1. The Labute approximate surface area is 128 Å². The minimum atomic E-state index is 0.859. The number of hydrogen-bond acceptors (Lipinski definition) is 3. The molecule has 0 aliphatic carbocycles. The monoisotopic (exact) mass is 301 g/mol. The van der Waals surface area contributed by atoms with Crippen LogP contribution < -0.4 is 4.74 Å². The van der Waals surface area contributed by atoms with E-state index >= 15 is 0 Å². The van der Waals surface area contributed by atoms with Gasteiger partial charge in [-0.2, -0.15) is 0 Å². The fraction of sp³-hybridized carbons (Fsp3) is 0.188. The number of thiocarbonyl (C=S) groups is 1. The molecule has 0 spiro atoms. The number of rotatable bonds is 4. The lowest BCUT2D eigenvalue weighted by Crippen LogP contribution is -2.22. The van der Waals surface area contributed by atoms with Gasteiger partial charge in [-0.05, 0) is 29.8 Å². The van der Waals surface area contributed by atoms with Crippen molar-refractivity contribution < 1.29 is 4.74 Å². The fourth-order valence-electron chi connectivity index (χ4n) is 2.08. The van der Waals surface area contributed by atoms with E-state index in [9.17, 15) is 0 Å². The molecule has 102 valence electrons. The van der Waals surface area contributed by atoms with Crippen LogP contribution >= 0.6 is 24.0 Å². The summed E-state index contributed by atoms with van der Waals surface area (Å²) in [5.74, 6) is 2.82. The lowest BCUT2D eigenvalue weighted by Gasteiger charge is -2.16. The number of nitrogens with zero attached hydrogens (tertiary/aromatic N) is 1. The highest BCUT2D eigenvalue weighted by Gasteiger charge is 2.17. The van der Waals surface area contributed by atoms with Crippen LogP contribution in [0.5, 0.6) is 11.5 Å². The number of hydrogen-bond donors (Lipinski definition) is 0. The molecule has 0 N–H and O–H groups in total. The molecule has 0 saturated carbocycles. The molecule has 0 aromatic heterocycles. The molecule has 1 aliphatic rings. The predicted octanol–water partition coefficient (Wildman–Crippen LogP) is 4.31. The first-order valence-electron chi connectivity index (χ1n) is 6.55. The average molecular weight is 301 g/mol. The molecule has 1 heterocycles. The van der Waals surface area contributed by atoms with E-state index in [1.54, 1.807) is 11.8 Å². The van der Waals surface area contributed by atoms with Crippen molar-refractivity contribution in [1.82, 2.24) is 4.90 Å². The minimum Gasteiger partial charge on any atom is -0.457 e. The van der Waals surface area contributed by atoms with Crippen molar-refractivity contribution in [1.29, 1.82) is 0 Å². The standard InChI is InChI=1S/C16H15NOS2/c19-16-17(10-11-20-16)12-13-6-8-15(9-7-13)18-14-4-2-1-3-5-14/h1-9H,10-12H2. The summed E-state index contributed by atoms with van der Waals surface area (Å²) in [5.41, 5.74) is 1.26. The second-order valence-corrected chi connectivity index (χ2v) is 6.32. The second-order valence-electron chi connectivity index (χ2n) is 4.59. The third-order valence-corrected chi connectivity index (χ3v) is 4.62. The van der Waals surface area contributed by atoms with Crippen LogP contribution in [-0.4, -0.2) is 21.5 Å². The molecule has 2 aromatic rings. The maximum absolute atomic E-state index is 5.78. The topological polar surface area (TPSA) is 12.5 Å². The minimum absolute atomic E-state index is 0.859. The molecule has 2 nitrogen and oxygen atoms in total. The first-order chi connectivity index (χ1) is 9.81. The molecule has 1 fully saturated rings. The van der Waals surface area contributed by atoms with Gasteiger partial charge in [0.15, 0.2) is 0 Å². The molecule has 2 aromatic carbocycles. The Kier molecular flexibility index (Phi) is 4.23. The van der Waals surface area contributed by atoms with Crippen molar-refractivity contribution in [3.8, 4) is 11.5 Å². The molecule has 20 heavy (non-hydrogen) atoms. The number of benzene rings is 2. The van der Waals surface area contributed by atoms with E-state index < -0.39 is 0 Å². The zero-order chi connectivity index (χ0) is 13.8. The third kappa shape index (κ3) is 3.32. The molecule has 3 rings (SSSR count). The van der Waals surface area contributed by atoms with Gasteiger partial charge in [-0.3, -0.25) is 0 Å². The van der Waals surface area contributed by atoms with Crippen LogP contribution in [0.15, 0.2) is 54.6 Å². The highest BCUT2D eigenvalue weighted by Crippen LogP contribution is 2.23. The number of thioether (sulfide) groups is 1. The molecule has 0 atom stereocenters. The van der Waals surface area contributed by atoms with Crippen LogP contribution in [0.3, 0.4) is 0 Å². The molecule has 0 amide bonds. The third-order valence-electron chi connectivity index (χ3n) is 3.12. The Morgan fingerprint density at radius 3 is 2.35 bits per heavy atom. The number of para-hydroxylation sites is 1. The predicted molar refractivity (Wildman–Crippen MR) is 88.4 cm³/mol. The van der Waals surface area contributed by atoms with Crippen molar-refractivity contribution in [3.05, 3.63) is 60.2 Å². The zero-order valence-corrected chi connectivity index (χ0v) is 12.6. The normalized spacial score (nSPS) is 14.6. The van der Waals surface area contributed by atoms with E-state index in [0.29, 0.717) is 0 Å². The van der Waals surface area contributed by atoms with E-state index in [-0.39, 0.29) is 0 Å². The summed E-state index contributed by atoms with van der Waals surface area (Å²) in [5, 5.41) is 0. The van der Waals surface area contributed by atoms with E-state index in [1.807, 2.05) is 42.5 Å². The van der Waals surface area contributed by atoms with Crippen molar-refractivity contribution >= 4 is 28.3 Å². The van der Waals surface area contributed by atoms with Gasteiger partial charge in [0.05, 0.1) is 0 Å². The summed E-state index contributed by atoms with van der Waals surface area (Å²) in [6.45, 7) is 1.93. The van der Waals surface area contributed by atoms with E-state index in [0.717, 1.165) is 34.7 Å². The molecular weight excluding hydrogens is 286 g/mol. The lowest BCUT2D eigenvalue weighted by molar-refractivity contribution is 0.461. The van der Waals surface area contributed by atoms with Gasteiger partial charge in [0, 0.05) is 18.8 Å². The SMILES string of the molecule is S=C1SCCN1Cc1ccc(Oc2ccccc2)cc1. The Morgan fingerprint density at radius 1 is 1.00 bits per heavy atom. The fourth-order valence-corrected chi connectivity index (χ4v) is 3.31. The summed E-state index contributed by atoms with van der Waals surface area (Å²) in [4.78, 5) is 2.24. The Morgan fingerprint density at radius 2 is 1.70 bits per heavy atom. The van der Waals surface area contributed by atoms with Crippen LogP contribution in [0.2, 0.25) is 0 Å². The Bertz CT molecular complexity index is 583. The maximum atomic E-state index is 5.78. The van der Waals surface area contributed by atoms with Gasteiger partial charge in [-0.15, -0.1) is 0 Å². The van der Waals surface area contributed by atoms with Gasteiger partial charge in [0.2, 0.25) is 0 Å². The average Bonchev–Trinajstić information content (AvgIpc) is 2.88. The van der Waals surface area contributed by atoms with Crippen molar-refractivity contribution in [2.75, 3.05) is 12.3 Å². The zero-order valence-electron chi connectivity index (χ0n) is 11.0. The molecule has 1 aliphatic heterocycles. The van der Waals surface area contributed by atoms with Crippen molar-refractivity contribution in [2.45, 2.75) is 6.54 Å². The van der Waals surface area contributed by atoms with Gasteiger partial charge in [0.1, 0.15) is 15.8 Å². The highest BCUT2D eigenvalue weighted by molar-refractivity contribution is 8.23. The van der Waals surface area contributed by atoms with Crippen LogP contribution in [0.25, 0.3) is 0 Å². The summed E-state index contributed by atoms with van der Waals surface area (Å²) in [6.07, 6.45) is 0. The quantitative estimate of drug-likeness (QED) is 0.780. The van der Waals surface area contributed by atoms with Crippen LogP contribution in [0, 0.1) is 0 Å². The first kappa shape index (κ1) is 13.5. The van der Waals surface area contributed by atoms with Crippen LogP contribution in [0.4, 0.5) is 0 Å². The molecule has 0 bridgehead atoms. The van der Waals surface area contributed by atoms with Gasteiger partial charge < -0.3 is 9.64 Å². The Balaban J connectivity index is 1.64. The largest absolute Gasteiger partial charge is 0.457 e. The molecular formula is C16H15NOS2. The van der Waals surface area contributed by atoms with Crippen LogP contribution in [0.1, 0.15) is 5.56 Å². The van der Waals surface area contributed by atoms with E-state index in [1.165, 1.54) is 5.56 Å². The smallest absolute Gasteiger partial charge is 0.136 e. The molecule has 0 unspecified atom stereocenters.